The van der Waals surface area contributed by atoms with Crippen LogP contribution < -0.4 is 20.7 Å². The Bertz CT molecular complexity index is 1420. The average molecular weight is 590 g/mol. The SMILES string of the molecule is CN1CCC(N2CCN(C(=O)Nc3cc(Oc4ccc(NC(=O)NC(=O)Cc5ccccc5)cc4F)ccn3)CC2)CC1. The van der Waals surface area contributed by atoms with Gasteiger partial charge in [0.1, 0.15) is 11.6 Å². The molecule has 3 aromatic rings. The van der Waals surface area contributed by atoms with E-state index in [4.69, 9.17) is 4.74 Å². The summed E-state index contributed by atoms with van der Waals surface area (Å²) in [4.78, 5) is 48.0. The lowest BCUT2D eigenvalue weighted by atomic mass is 10.0. The number of nitrogens with zero attached hydrogens (tertiary/aromatic N) is 4. The summed E-state index contributed by atoms with van der Waals surface area (Å²) < 4.78 is 20.5. The van der Waals surface area contributed by atoms with Crippen LogP contribution in [0, 0.1) is 5.82 Å². The zero-order valence-corrected chi connectivity index (χ0v) is 24.1. The number of aromatic nitrogens is 1. The molecule has 0 unspecified atom stereocenters. The van der Waals surface area contributed by atoms with E-state index in [-0.39, 0.29) is 35.5 Å². The molecule has 0 bridgehead atoms. The van der Waals surface area contributed by atoms with Gasteiger partial charge in [-0.1, -0.05) is 30.3 Å². The smallest absolute Gasteiger partial charge is 0.325 e. The number of halogens is 1. The maximum atomic E-state index is 14.8. The number of amides is 5. The minimum absolute atomic E-state index is 0.0407. The molecule has 2 aliphatic rings. The molecule has 3 heterocycles. The van der Waals surface area contributed by atoms with Crippen LogP contribution in [0.4, 0.5) is 25.5 Å². The largest absolute Gasteiger partial charge is 0.454 e. The number of anilines is 2. The van der Waals surface area contributed by atoms with E-state index in [0.717, 1.165) is 50.7 Å². The van der Waals surface area contributed by atoms with E-state index in [0.29, 0.717) is 19.1 Å². The standard InChI is InChI=1S/C31H36FN7O4/c1-37-13-10-24(11-14-37)38-15-17-39(18-16-38)31(42)35-28-21-25(9-12-33-28)43-27-8-7-23(20-26(27)32)34-30(41)36-29(40)19-22-5-3-2-4-6-22/h2-9,12,20-21,24H,10-11,13-19H2,1H3,(H,33,35,42)(H2,34,36,40,41). The predicted molar refractivity (Wildman–Crippen MR) is 161 cm³/mol. The van der Waals surface area contributed by atoms with Gasteiger partial charge in [0.25, 0.3) is 0 Å². The second kappa shape index (κ2) is 14.1. The van der Waals surface area contributed by atoms with Crippen molar-refractivity contribution in [3.63, 3.8) is 0 Å². The highest BCUT2D eigenvalue weighted by molar-refractivity contribution is 6.01. The Kier molecular flexibility index (Phi) is 9.80. The molecule has 0 atom stereocenters. The van der Waals surface area contributed by atoms with Gasteiger partial charge in [0.05, 0.1) is 6.42 Å². The monoisotopic (exact) mass is 589 g/mol. The van der Waals surface area contributed by atoms with Crippen molar-refractivity contribution in [1.29, 1.82) is 0 Å². The van der Waals surface area contributed by atoms with Crippen LogP contribution in [0.3, 0.4) is 0 Å². The molecule has 11 nitrogen and oxygen atoms in total. The van der Waals surface area contributed by atoms with Gasteiger partial charge in [0.2, 0.25) is 5.91 Å². The summed E-state index contributed by atoms with van der Waals surface area (Å²) >= 11 is 0. The Balaban J connectivity index is 1.09. The second-order valence-electron chi connectivity index (χ2n) is 10.8. The normalized spacial score (nSPS) is 16.4. The fourth-order valence-electron chi connectivity index (χ4n) is 5.28. The van der Waals surface area contributed by atoms with Crippen LogP contribution in [0.1, 0.15) is 18.4 Å². The van der Waals surface area contributed by atoms with E-state index in [9.17, 15) is 18.8 Å². The highest BCUT2D eigenvalue weighted by atomic mass is 19.1. The first-order chi connectivity index (χ1) is 20.8. The van der Waals surface area contributed by atoms with Crippen molar-refractivity contribution < 1.29 is 23.5 Å². The van der Waals surface area contributed by atoms with Gasteiger partial charge >= 0.3 is 12.1 Å². The lowest BCUT2D eigenvalue weighted by Gasteiger charge is -2.42. The zero-order chi connectivity index (χ0) is 30.2. The molecule has 5 amide bonds. The van der Waals surface area contributed by atoms with Gasteiger partial charge in [-0.3, -0.25) is 20.3 Å². The van der Waals surface area contributed by atoms with Gasteiger partial charge in [-0.05, 0) is 56.7 Å². The maximum Gasteiger partial charge on any atom is 0.325 e. The molecule has 0 aliphatic carbocycles. The summed E-state index contributed by atoms with van der Waals surface area (Å²) in [5.41, 5.74) is 0.911. The number of likely N-dealkylation sites (tertiary alicyclic amines) is 1. The Labute approximate surface area is 250 Å². The summed E-state index contributed by atoms with van der Waals surface area (Å²) in [5, 5.41) is 7.47. The number of pyridine rings is 1. The number of carbonyl (C=O) groups excluding carboxylic acids is 3. The number of ether oxygens (including phenoxy) is 1. The topological polar surface area (TPSA) is 119 Å². The number of hydrogen-bond donors (Lipinski definition) is 3. The number of benzene rings is 2. The molecule has 0 radical (unpaired) electrons. The molecule has 2 saturated heterocycles. The molecule has 0 spiro atoms. The van der Waals surface area contributed by atoms with E-state index in [1.165, 1.54) is 24.4 Å². The summed E-state index contributed by atoms with van der Waals surface area (Å²) in [6.45, 7) is 5.17. The van der Waals surface area contributed by atoms with Crippen LogP contribution in [-0.4, -0.2) is 90.0 Å². The highest BCUT2D eigenvalue weighted by Gasteiger charge is 2.28. The lowest BCUT2D eigenvalue weighted by molar-refractivity contribution is -0.119. The number of nitrogens with one attached hydrogen (secondary N) is 3. The second-order valence-corrected chi connectivity index (χ2v) is 10.8. The van der Waals surface area contributed by atoms with E-state index < -0.39 is 17.8 Å². The minimum atomic E-state index is -0.772. The van der Waals surface area contributed by atoms with Crippen LogP contribution in [0.15, 0.2) is 66.9 Å². The number of imide groups is 1. The predicted octanol–water partition coefficient (Wildman–Crippen LogP) is 4.15. The number of urea groups is 2. The van der Waals surface area contributed by atoms with Crippen LogP contribution in [0.5, 0.6) is 11.5 Å². The van der Waals surface area contributed by atoms with Gasteiger partial charge in [0, 0.05) is 56.2 Å². The lowest BCUT2D eigenvalue weighted by Crippen LogP contribution is -2.54. The van der Waals surface area contributed by atoms with Crippen LogP contribution in [0.25, 0.3) is 0 Å². The Hall–Kier alpha value is -4.55. The minimum Gasteiger partial charge on any atom is -0.454 e. The van der Waals surface area contributed by atoms with E-state index in [1.54, 1.807) is 35.2 Å². The summed E-state index contributed by atoms with van der Waals surface area (Å²) in [5.74, 6) is -0.727. The molecule has 2 aromatic carbocycles. The van der Waals surface area contributed by atoms with Gasteiger partial charge < -0.3 is 19.9 Å². The Morgan fingerprint density at radius 1 is 0.930 bits per heavy atom. The Morgan fingerprint density at radius 2 is 1.67 bits per heavy atom. The zero-order valence-electron chi connectivity index (χ0n) is 24.1. The third kappa shape index (κ3) is 8.49. The molecule has 12 heteroatoms. The van der Waals surface area contributed by atoms with Crippen LogP contribution in [0.2, 0.25) is 0 Å². The number of piperazine rings is 1. The first kappa shape index (κ1) is 29.9. The molecule has 5 rings (SSSR count). The van der Waals surface area contributed by atoms with Crippen molar-refractivity contribution in [2.45, 2.75) is 25.3 Å². The molecule has 2 fully saturated rings. The molecular weight excluding hydrogens is 553 g/mol. The molecule has 43 heavy (non-hydrogen) atoms. The third-order valence-electron chi connectivity index (χ3n) is 7.65. The third-order valence-corrected chi connectivity index (χ3v) is 7.65. The van der Waals surface area contributed by atoms with Gasteiger partial charge in [-0.25, -0.2) is 19.0 Å². The maximum absolute atomic E-state index is 14.8. The summed E-state index contributed by atoms with van der Waals surface area (Å²) in [6.07, 6.45) is 3.82. The highest BCUT2D eigenvalue weighted by Crippen LogP contribution is 2.28. The van der Waals surface area contributed by atoms with Crippen molar-refractivity contribution in [2.24, 2.45) is 0 Å². The number of piperidine rings is 1. The van der Waals surface area contributed by atoms with Crippen molar-refractivity contribution in [2.75, 3.05) is 56.9 Å². The molecule has 1 aromatic heterocycles. The van der Waals surface area contributed by atoms with E-state index >= 15 is 0 Å². The van der Waals surface area contributed by atoms with Crippen molar-refractivity contribution in [3.8, 4) is 11.5 Å². The molecule has 2 aliphatic heterocycles. The van der Waals surface area contributed by atoms with Crippen LogP contribution in [-0.2, 0) is 11.2 Å². The molecule has 226 valence electrons. The van der Waals surface area contributed by atoms with Crippen LogP contribution >= 0.6 is 0 Å². The van der Waals surface area contributed by atoms with Crippen molar-refractivity contribution in [3.05, 3.63) is 78.2 Å². The summed E-state index contributed by atoms with van der Waals surface area (Å²) in [7, 11) is 2.15. The molecule has 0 saturated carbocycles. The average Bonchev–Trinajstić information content (AvgIpc) is 2.99. The Morgan fingerprint density at radius 3 is 2.40 bits per heavy atom. The van der Waals surface area contributed by atoms with Crippen molar-refractivity contribution in [1.82, 2.24) is 25.0 Å². The molecular formula is C31H36FN7O4. The van der Waals surface area contributed by atoms with Gasteiger partial charge in [-0.15, -0.1) is 0 Å². The fraction of sp³-hybridized carbons (Fsp3) is 0.355. The quantitative estimate of drug-likeness (QED) is 0.379. The first-order valence-corrected chi connectivity index (χ1v) is 14.4. The van der Waals surface area contributed by atoms with Gasteiger partial charge in [-0.2, -0.15) is 0 Å². The first-order valence-electron chi connectivity index (χ1n) is 14.4. The number of hydrogen-bond acceptors (Lipinski definition) is 7. The molecule has 3 N–H and O–H groups in total. The summed E-state index contributed by atoms with van der Waals surface area (Å²) in [6, 6.07) is 15.5. The van der Waals surface area contributed by atoms with E-state index in [1.807, 2.05) is 6.07 Å². The van der Waals surface area contributed by atoms with E-state index in [2.05, 4.69) is 37.8 Å². The van der Waals surface area contributed by atoms with Crippen molar-refractivity contribution >= 4 is 29.5 Å². The number of carbonyl (C=O) groups is 3. The van der Waals surface area contributed by atoms with Gasteiger partial charge in [0.15, 0.2) is 11.6 Å². The fourth-order valence-corrected chi connectivity index (χ4v) is 5.28. The number of rotatable bonds is 7.